The number of carbonyl (C=O) groups is 1. The fourth-order valence-corrected chi connectivity index (χ4v) is 2.37. The molecule has 0 amide bonds. The summed E-state index contributed by atoms with van der Waals surface area (Å²) in [6.45, 7) is 7.04. The molecule has 1 heterocycles. The highest BCUT2D eigenvalue weighted by Crippen LogP contribution is 2.18. The Morgan fingerprint density at radius 2 is 2.25 bits per heavy atom. The maximum Gasteiger partial charge on any atom is 0.346 e. The van der Waals surface area contributed by atoms with E-state index < -0.39 is 5.97 Å². The Hall–Kier alpha value is -0.870. The maximum atomic E-state index is 11.0. The first-order valence-electron chi connectivity index (χ1n) is 5.71. The Bertz CT molecular complexity index is 336. The average molecular weight is 241 g/mol. The lowest BCUT2D eigenvalue weighted by atomic mass is 10.2. The molecular formula is C12H19NO2S. The summed E-state index contributed by atoms with van der Waals surface area (Å²) in [5.74, 6) is -0.809. The first kappa shape index (κ1) is 13.2. The molecule has 90 valence electrons. The second kappa shape index (κ2) is 6.66. The minimum Gasteiger partial charge on any atom is -0.477 e. The van der Waals surface area contributed by atoms with Crippen molar-refractivity contribution in [3.05, 3.63) is 21.9 Å². The average Bonchev–Trinajstić information content (AvgIpc) is 2.72. The molecule has 0 atom stereocenters. The highest BCUT2D eigenvalue weighted by molar-refractivity contribution is 7.12. The molecule has 1 N–H and O–H groups in total. The molecule has 1 rings (SSSR count). The minimum absolute atomic E-state index is 0.481. The van der Waals surface area contributed by atoms with Gasteiger partial charge in [-0.2, -0.15) is 0 Å². The molecule has 4 heteroatoms. The van der Waals surface area contributed by atoms with Crippen LogP contribution in [0.4, 0.5) is 0 Å². The Kier molecular flexibility index (Phi) is 5.49. The SMILES string of the molecule is CCCCN(CC)Cc1ccsc1C(=O)O. The molecule has 0 spiro atoms. The summed E-state index contributed by atoms with van der Waals surface area (Å²) in [7, 11) is 0. The summed E-state index contributed by atoms with van der Waals surface area (Å²) in [6.07, 6.45) is 2.34. The zero-order chi connectivity index (χ0) is 12.0. The van der Waals surface area contributed by atoms with E-state index in [0.29, 0.717) is 4.88 Å². The van der Waals surface area contributed by atoms with Gasteiger partial charge in [0.2, 0.25) is 0 Å². The normalized spacial score (nSPS) is 10.9. The molecule has 0 saturated heterocycles. The number of hydrogen-bond acceptors (Lipinski definition) is 3. The zero-order valence-corrected chi connectivity index (χ0v) is 10.7. The fourth-order valence-electron chi connectivity index (χ4n) is 1.62. The number of nitrogens with zero attached hydrogens (tertiary/aromatic N) is 1. The quantitative estimate of drug-likeness (QED) is 0.797. The summed E-state index contributed by atoms with van der Waals surface area (Å²) in [6, 6.07) is 1.92. The highest BCUT2D eigenvalue weighted by atomic mass is 32.1. The van der Waals surface area contributed by atoms with Crippen LogP contribution in [0.5, 0.6) is 0 Å². The predicted molar refractivity (Wildman–Crippen MR) is 67.1 cm³/mol. The van der Waals surface area contributed by atoms with E-state index in [1.54, 1.807) is 0 Å². The van der Waals surface area contributed by atoms with Crippen LogP contribution in [0.1, 0.15) is 41.9 Å². The van der Waals surface area contributed by atoms with Crippen molar-refractivity contribution < 1.29 is 9.90 Å². The lowest BCUT2D eigenvalue weighted by molar-refractivity contribution is 0.0700. The van der Waals surface area contributed by atoms with Gasteiger partial charge < -0.3 is 5.11 Å². The van der Waals surface area contributed by atoms with Gasteiger partial charge in [0, 0.05) is 6.54 Å². The van der Waals surface area contributed by atoms with E-state index in [2.05, 4.69) is 18.7 Å². The number of carboxylic acid groups (broad SMARTS) is 1. The van der Waals surface area contributed by atoms with Crippen molar-refractivity contribution in [1.29, 1.82) is 0 Å². The van der Waals surface area contributed by atoms with Crippen LogP contribution < -0.4 is 0 Å². The van der Waals surface area contributed by atoms with Crippen LogP contribution in [0.15, 0.2) is 11.4 Å². The van der Waals surface area contributed by atoms with E-state index in [9.17, 15) is 4.79 Å². The molecule has 0 fully saturated rings. The van der Waals surface area contributed by atoms with Gasteiger partial charge in [0.25, 0.3) is 0 Å². The van der Waals surface area contributed by atoms with Gasteiger partial charge in [0.15, 0.2) is 0 Å². The summed E-state index contributed by atoms with van der Waals surface area (Å²) in [5, 5.41) is 10.9. The topological polar surface area (TPSA) is 40.5 Å². The van der Waals surface area contributed by atoms with Crippen molar-refractivity contribution in [2.75, 3.05) is 13.1 Å². The Morgan fingerprint density at radius 3 is 2.81 bits per heavy atom. The Balaban J connectivity index is 2.62. The summed E-state index contributed by atoms with van der Waals surface area (Å²) < 4.78 is 0. The van der Waals surface area contributed by atoms with Gasteiger partial charge in [-0.15, -0.1) is 11.3 Å². The van der Waals surface area contributed by atoms with Crippen LogP contribution >= 0.6 is 11.3 Å². The van der Waals surface area contributed by atoms with Crippen LogP contribution in [0.25, 0.3) is 0 Å². The molecule has 0 aliphatic heterocycles. The van der Waals surface area contributed by atoms with Crippen LogP contribution in [0, 0.1) is 0 Å². The van der Waals surface area contributed by atoms with E-state index in [1.165, 1.54) is 24.2 Å². The fraction of sp³-hybridized carbons (Fsp3) is 0.583. The number of thiophene rings is 1. The molecule has 16 heavy (non-hydrogen) atoms. The third kappa shape index (κ3) is 3.61. The van der Waals surface area contributed by atoms with Gasteiger partial charge in [-0.25, -0.2) is 4.79 Å². The zero-order valence-electron chi connectivity index (χ0n) is 9.90. The lowest BCUT2D eigenvalue weighted by Gasteiger charge is -2.19. The molecule has 0 aliphatic carbocycles. The number of carboxylic acids is 1. The summed E-state index contributed by atoms with van der Waals surface area (Å²) in [5.41, 5.74) is 0.940. The summed E-state index contributed by atoms with van der Waals surface area (Å²) in [4.78, 5) is 13.7. The van der Waals surface area contributed by atoms with E-state index in [1.807, 2.05) is 11.4 Å². The van der Waals surface area contributed by atoms with Crippen molar-refractivity contribution in [1.82, 2.24) is 4.90 Å². The number of unbranched alkanes of at least 4 members (excludes halogenated alkanes) is 1. The monoisotopic (exact) mass is 241 g/mol. The van der Waals surface area contributed by atoms with Crippen LogP contribution in [-0.4, -0.2) is 29.1 Å². The number of aromatic carboxylic acids is 1. The molecule has 0 aliphatic rings. The molecule has 1 aromatic rings. The standard InChI is InChI=1S/C12H19NO2S/c1-3-5-7-13(4-2)9-10-6-8-16-11(10)12(14)15/h6,8H,3-5,7,9H2,1-2H3,(H,14,15). The second-order valence-electron chi connectivity index (χ2n) is 3.80. The maximum absolute atomic E-state index is 11.0. The lowest BCUT2D eigenvalue weighted by Crippen LogP contribution is -2.24. The first-order valence-corrected chi connectivity index (χ1v) is 6.59. The molecule has 0 radical (unpaired) electrons. The van der Waals surface area contributed by atoms with Crippen molar-refractivity contribution in [2.24, 2.45) is 0 Å². The van der Waals surface area contributed by atoms with Crippen LogP contribution in [-0.2, 0) is 6.54 Å². The van der Waals surface area contributed by atoms with Gasteiger partial charge in [-0.1, -0.05) is 20.3 Å². The van der Waals surface area contributed by atoms with E-state index in [4.69, 9.17) is 5.11 Å². The van der Waals surface area contributed by atoms with Gasteiger partial charge in [-0.3, -0.25) is 4.90 Å². The van der Waals surface area contributed by atoms with Crippen molar-refractivity contribution in [2.45, 2.75) is 33.2 Å². The third-order valence-corrected chi connectivity index (χ3v) is 3.55. The molecular weight excluding hydrogens is 222 g/mol. The van der Waals surface area contributed by atoms with E-state index in [-0.39, 0.29) is 0 Å². The van der Waals surface area contributed by atoms with Gasteiger partial charge >= 0.3 is 5.97 Å². The minimum atomic E-state index is -0.809. The largest absolute Gasteiger partial charge is 0.477 e. The number of hydrogen-bond donors (Lipinski definition) is 1. The van der Waals surface area contributed by atoms with Crippen molar-refractivity contribution in [3.8, 4) is 0 Å². The second-order valence-corrected chi connectivity index (χ2v) is 4.72. The smallest absolute Gasteiger partial charge is 0.346 e. The predicted octanol–water partition coefficient (Wildman–Crippen LogP) is 3.07. The highest BCUT2D eigenvalue weighted by Gasteiger charge is 2.13. The first-order chi connectivity index (χ1) is 7.69. The third-order valence-electron chi connectivity index (χ3n) is 2.61. The molecule has 0 unspecified atom stereocenters. The van der Waals surface area contributed by atoms with Crippen molar-refractivity contribution >= 4 is 17.3 Å². The Morgan fingerprint density at radius 1 is 1.50 bits per heavy atom. The van der Waals surface area contributed by atoms with Gasteiger partial charge in [0.05, 0.1) is 0 Å². The summed E-state index contributed by atoms with van der Waals surface area (Å²) >= 11 is 1.31. The van der Waals surface area contributed by atoms with E-state index in [0.717, 1.165) is 25.2 Å². The Labute approximate surface area is 101 Å². The van der Waals surface area contributed by atoms with Gasteiger partial charge in [-0.05, 0) is 36.5 Å². The van der Waals surface area contributed by atoms with E-state index >= 15 is 0 Å². The molecule has 0 aromatic carbocycles. The van der Waals surface area contributed by atoms with Gasteiger partial charge in [0.1, 0.15) is 4.88 Å². The van der Waals surface area contributed by atoms with Crippen LogP contribution in [0.2, 0.25) is 0 Å². The molecule has 0 bridgehead atoms. The number of rotatable bonds is 7. The molecule has 1 aromatic heterocycles. The molecule has 0 saturated carbocycles. The van der Waals surface area contributed by atoms with Crippen LogP contribution in [0.3, 0.4) is 0 Å². The van der Waals surface area contributed by atoms with Crippen molar-refractivity contribution in [3.63, 3.8) is 0 Å². The molecule has 3 nitrogen and oxygen atoms in total.